The molecule has 0 bridgehead atoms. The van der Waals surface area contributed by atoms with Crippen molar-refractivity contribution in [3.63, 3.8) is 0 Å². The van der Waals surface area contributed by atoms with Crippen molar-refractivity contribution in [2.45, 2.75) is 9.79 Å². The standard InChI is InChI=1S/C22H18ClN3OS/c23-17-5-7-18(8-6-17)28-20-14-16-13-15-3-1-2-4-19(15)24-21(16)25-22(20)26-9-11-27-12-10-26/h1-8,13-14H,9-12H2. The van der Waals surface area contributed by atoms with Crippen LogP contribution in [-0.2, 0) is 4.74 Å². The summed E-state index contributed by atoms with van der Waals surface area (Å²) < 4.78 is 5.53. The zero-order valence-electron chi connectivity index (χ0n) is 15.1. The first-order chi connectivity index (χ1) is 13.8. The van der Waals surface area contributed by atoms with Crippen molar-refractivity contribution in [1.82, 2.24) is 9.97 Å². The first-order valence-electron chi connectivity index (χ1n) is 9.23. The van der Waals surface area contributed by atoms with Crippen molar-refractivity contribution in [2.75, 3.05) is 31.2 Å². The molecule has 5 rings (SSSR count). The van der Waals surface area contributed by atoms with Gasteiger partial charge < -0.3 is 9.64 Å². The van der Waals surface area contributed by atoms with Crippen molar-refractivity contribution in [2.24, 2.45) is 0 Å². The number of ether oxygens (including phenoxy) is 1. The summed E-state index contributed by atoms with van der Waals surface area (Å²) in [6.07, 6.45) is 0. The Kier molecular flexibility index (Phi) is 4.81. The van der Waals surface area contributed by atoms with Crippen LogP contribution in [0.25, 0.3) is 21.9 Å². The summed E-state index contributed by atoms with van der Waals surface area (Å²) in [6, 6.07) is 20.4. The van der Waals surface area contributed by atoms with Gasteiger partial charge >= 0.3 is 0 Å². The highest BCUT2D eigenvalue weighted by Crippen LogP contribution is 2.37. The second-order valence-electron chi connectivity index (χ2n) is 6.69. The Hall–Kier alpha value is -2.34. The van der Waals surface area contributed by atoms with Gasteiger partial charge in [-0.25, -0.2) is 9.97 Å². The number of anilines is 1. The molecule has 0 spiro atoms. The van der Waals surface area contributed by atoms with Crippen LogP contribution in [0, 0.1) is 0 Å². The lowest BCUT2D eigenvalue weighted by molar-refractivity contribution is 0.122. The van der Waals surface area contributed by atoms with Crippen LogP contribution in [0.5, 0.6) is 0 Å². The average Bonchev–Trinajstić information content (AvgIpc) is 2.74. The number of hydrogen-bond acceptors (Lipinski definition) is 5. The maximum absolute atomic E-state index is 6.05. The van der Waals surface area contributed by atoms with E-state index in [1.807, 2.05) is 42.5 Å². The lowest BCUT2D eigenvalue weighted by Gasteiger charge is -2.29. The molecule has 0 radical (unpaired) electrons. The fourth-order valence-corrected chi connectivity index (χ4v) is 4.49. The molecule has 0 N–H and O–H groups in total. The van der Waals surface area contributed by atoms with Crippen molar-refractivity contribution in [3.05, 3.63) is 65.7 Å². The third-order valence-corrected chi connectivity index (χ3v) is 6.08. The Morgan fingerprint density at radius 1 is 0.893 bits per heavy atom. The maximum atomic E-state index is 6.05. The molecule has 4 aromatic rings. The molecule has 3 heterocycles. The van der Waals surface area contributed by atoms with E-state index >= 15 is 0 Å². The minimum atomic E-state index is 0.718. The number of nitrogens with zero attached hydrogens (tertiary/aromatic N) is 3. The molecule has 1 fully saturated rings. The molecule has 0 aliphatic carbocycles. The summed E-state index contributed by atoms with van der Waals surface area (Å²) in [5.74, 6) is 0.971. The summed E-state index contributed by atoms with van der Waals surface area (Å²) in [7, 11) is 0. The Labute approximate surface area is 172 Å². The molecule has 6 heteroatoms. The van der Waals surface area contributed by atoms with Gasteiger partial charge in [-0.1, -0.05) is 41.6 Å². The van der Waals surface area contributed by atoms with Crippen molar-refractivity contribution in [3.8, 4) is 0 Å². The number of pyridine rings is 2. The lowest BCUT2D eigenvalue weighted by atomic mass is 10.1. The zero-order valence-corrected chi connectivity index (χ0v) is 16.7. The second kappa shape index (κ2) is 7.59. The van der Waals surface area contributed by atoms with Crippen molar-refractivity contribution >= 4 is 51.1 Å². The van der Waals surface area contributed by atoms with E-state index in [0.717, 1.165) is 68.9 Å². The summed E-state index contributed by atoms with van der Waals surface area (Å²) >= 11 is 7.75. The summed E-state index contributed by atoms with van der Waals surface area (Å²) in [4.78, 5) is 14.3. The predicted octanol–water partition coefficient (Wildman–Crippen LogP) is 5.42. The van der Waals surface area contributed by atoms with Crippen molar-refractivity contribution < 1.29 is 4.74 Å². The van der Waals surface area contributed by atoms with Gasteiger partial charge in [-0.15, -0.1) is 0 Å². The predicted molar refractivity (Wildman–Crippen MR) is 116 cm³/mol. The molecule has 1 aliphatic rings. The lowest BCUT2D eigenvalue weighted by Crippen LogP contribution is -2.37. The van der Waals surface area contributed by atoms with E-state index in [0.29, 0.717) is 0 Å². The van der Waals surface area contributed by atoms with E-state index in [9.17, 15) is 0 Å². The third kappa shape index (κ3) is 3.53. The topological polar surface area (TPSA) is 38.2 Å². The van der Waals surface area contributed by atoms with Crippen LogP contribution in [0.3, 0.4) is 0 Å². The minimum absolute atomic E-state index is 0.718. The van der Waals surface area contributed by atoms with E-state index in [1.54, 1.807) is 11.8 Å². The SMILES string of the molecule is Clc1ccc(Sc2cc3cc4ccccc4nc3nc2N2CCOCC2)cc1. The number of hydrogen-bond donors (Lipinski definition) is 0. The van der Waals surface area contributed by atoms with E-state index < -0.39 is 0 Å². The molecule has 1 aliphatic heterocycles. The summed E-state index contributed by atoms with van der Waals surface area (Å²) in [5, 5.41) is 2.91. The van der Waals surface area contributed by atoms with E-state index in [1.165, 1.54) is 0 Å². The molecule has 2 aromatic heterocycles. The maximum Gasteiger partial charge on any atom is 0.162 e. The number of halogens is 1. The Balaban J connectivity index is 1.65. The molecule has 0 atom stereocenters. The number of aromatic nitrogens is 2. The number of para-hydroxylation sites is 1. The Morgan fingerprint density at radius 3 is 2.50 bits per heavy atom. The molecule has 0 unspecified atom stereocenters. The summed E-state index contributed by atoms with van der Waals surface area (Å²) in [5.41, 5.74) is 1.74. The molecule has 28 heavy (non-hydrogen) atoms. The minimum Gasteiger partial charge on any atom is -0.378 e. The van der Waals surface area contributed by atoms with Crippen LogP contribution in [0.1, 0.15) is 0 Å². The summed E-state index contributed by atoms with van der Waals surface area (Å²) in [6.45, 7) is 3.10. The molecule has 2 aromatic carbocycles. The fraction of sp³-hybridized carbons (Fsp3) is 0.182. The van der Waals surface area contributed by atoms with Crippen LogP contribution in [0.15, 0.2) is 70.5 Å². The monoisotopic (exact) mass is 407 g/mol. The van der Waals surface area contributed by atoms with Gasteiger partial charge in [0.15, 0.2) is 5.65 Å². The highest BCUT2D eigenvalue weighted by molar-refractivity contribution is 7.99. The third-order valence-electron chi connectivity index (χ3n) is 4.80. The van der Waals surface area contributed by atoms with Gasteiger partial charge in [0, 0.05) is 33.8 Å². The van der Waals surface area contributed by atoms with Gasteiger partial charge in [0.05, 0.1) is 23.6 Å². The molecule has 4 nitrogen and oxygen atoms in total. The highest BCUT2D eigenvalue weighted by Gasteiger charge is 2.19. The van der Waals surface area contributed by atoms with Crippen LogP contribution in [0.2, 0.25) is 5.02 Å². The highest BCUT2D eigenvalue weighted by atomic mass is 35.5. The van der Waals surface area contributed by atoms with Gasteiger partial charge in [0.2, 0.25) is 0 Å². The number of fused-ring (bicyclic) bond motifs is 2. The number of benzene rings is 2. The largest absolute Gasteiger partial charge is 0.378 e. The normalized spacial score (nSPS) is 14.7. The van der Waals surface area contributed by atoms with E-state index in [-0.39, 0.29) is 0 Å². The molecule has 1 saturated heterocycles. The molecular formula is C22H18ClN3OS. The fourth-order valence-electron chi connectivity index (χ4n) is 3.39. The second-order valence-corrected chi connectivity index (χ2v) is 8.25. The molecule has 0 saturated carbocycles. The molecule has 0 amide bonds. The van der Waals surface area contributed by atoms with Crippen LogP contribution >= 0.6 is 23.4 Å². The van der Waals surface area contributed by atoms with Gasteiger partial charge in [-0.05, 0) is 42.5 Å². The number of morpholine rings is 1. The Morgan fingerprint density at radius 2 is 1.68 bits per heavy atom. The van der Waals surface area contributed by atoms with Crippen LogP contribution in [-0.4, -0.2) is 36.3 Å². The first-order valence-corrected chi connectivity index (χ1v) is 10.4. The van der Waals surface area contributed by atoms with Crippen LogP contribution < -0.4 is 4.90 Å². The van der Waals surface area contributed by atoms with Gasteiger partial charge in [0.25, 0.3) is 0 Å². The van der Waals surface area contributed by atoms with Gasteiger partial charge in [0.1, 0.15) is 5.82 Å². The molecule has 140 valence electrons. The smallest absolute Gasteiger partial charge is 0.162 e. The quantitative estimate of drug-likeness (QED) is 0.424. The van der Waals surface area contributed by atoms with Crippen molar-refractivity contribution in [1.29, 1.82) is 0 Å². The first kappa shape index (κ1) is 17.7. The average molecular weight is 408 g/mol. The number of rotatable bonds is 3. The molecular weight excluding hydrogens is 390 g/mol. The Bertz CT molecular complexity index is 1140. The van der Waals surface area contributed by atoms with Crippen LogP contribution in [0.4, 0.5) is 5.82 Å². The zero-order chi connectivity index (χ0) is 18.9. The van der Waals surface area contributed by atoms with E-state index in [2.05, 4.69) is 23.1 Å². The van der Waals surface area contributed by atoms with E-state index in [4.69, 9.17) is 26.3 Å². The van der Waals surface area contributed by atoms with Gasteiger partial charge in [-0.3, -0.25) is 0 Å². The van der Waals surface area contributed by atoms with Gasteiger partial charge in [-0.2, -0.15) is 0 Å².